The first-order valence-electron chi connectivity index (χ1n) is 19.0. The van der Waals surface area contributed by atoms with Gasteiger partial charge in [0, 0.05) is 0 Å². The highest BCUT2D eigenvalue weighted by molar-refractivity contribution is 7.73. The van der Waals surface area contributed by atoms with Gasteiger partial charge in [0.1, 0.15) is 0 Å². The Morgan fingerprint density at radius 1 is 0.491 bits per heavy atom. The molecule has 0 spiro atoms. The highest BCUT2D eigenvalue weighted by atomic mass is 31.1. The van der Waals surface area contributed by atoms with Gasteiger partial charge < -0.3 is 0 Å². The topological polar surface area (TPSA) is 0 Å². The molecule has 3 aliphatic carbocycles. The van der Waals surface area contributed by atoms with Gasteiger partial charge in [-0.25, -0.2) is 0 Å². The van der Waals surface area contributed by atoms with Crippen LogP contribution in [0.25, 0.3) is 0 Å². The van der Waals surface area contributed by atoms with E-state index < -0.39 is 85.0 Å². The maximum atomic E-state index is 14.2. The standard InChI is InChI=1S/C41H44F12P2/c1-25(34-16-10-17-35(34)36-15-8-9-18-37(36)55(30-11-4-2-5-12-30)31-13-6-3-7-14-31)54(32-21-26(38(42,43)44)19-27(22-32)39(45,46)47)33-23-28(40(48,49)50)20-29(24-33)41(51,52)53/h8-9,15,18-25,30-31,34-35H,2-7,10-14,16-17H2,1H3/t25?,34-,35+/m0/s1. The second-order valence-corrected chi connectivity index (χ2v) is 20.7. The fraction of sp³-hybridized carbons (Fsp3) is 0.561. The molecule has 3 atom stereocenters. The summed E-state index contributed by atoms with van der Waals surface area (Å²) in [6, 6.07) is 9.92. The molecule has 55 heavy (non-hydrogen) atoms. The van der Waals surface area contributed by atoms with Gasteiger partial charge in [0.2, 0.25) is 0 Å². The average Bonchev–Trinajstić information content (AvgIpc) is 3.61. The predicted octanol–water partition coefficient (Wildman–Crippen LogP) is 13.9. The highest BCUT2D eigenvalue weighted by Gasteiger charge is 2.45. The summed E-state index contributed by atoms with van der Waals surface area (Å²) in [6.45, 7) is 1.59. The van der Waals surface area contributed by atoms with Crippen LogP contribution in [0.4, 0.5) is 52.7 Å². The molecule has 0 radical (unpaired) electrons. The number of rotatable bonds is 8. The number of halogens is 12. The molecule has 0 aromatic heterocycles. The largest absolute Gasteiger partial charge is 0.416 e. The first-order valence-corrected chi connectivity index (χ1v) is 21.9. The number of hydrogen-bond donors (Lipinski definition) is 0. The fourth-order valence-corrected chi connectivity index (χ4v) is 16.5. The maximum absolute atomic E-state index is 14.2. The molecule has 0 bridgehead atoms. The number of benzene rings is 3. The van der Waals surface area contributed by atoms with Gasteiger partial charge in [0.15, 0.2) is 0 Å². The molecule has 302 valence electrons. The van der Waals surface area contributed by atoms with Gasteiger partial charge in [0.25, 0.3) is 0 Å². The average molecular weight is 827 g/mol. The minimum absolute atomic E-state index is 0.0671. The molecule has 0 amide bonds. The van der Waals surface area contributed by atoms with E-state index >= 15 is 0 Å². The van der Waals surface area contributed by atoms with Crippen molar-refractivity contribution in [2.75, 3.05) is 0 Å². The van der Waals surface area contributed by atoms with E-state index in [9.17, 15) is 52.7 Å². The normalized spacial score (nSPS) is 21.8. The predicted molar refractivity (Wildman–Crippen MR) is 195 cm³/mol. The molecule has 0 aliphatic heterocycles. The Hall–Kier alpha value is -2.32. The van der Waals surface area contributed by atoms with Crippen molar-refractivity contribution >= 4 is 31.8 Å². The van der Waals surface area contributed by atoms with Crippen molar-refractivity contribution in [3.8, 4) is 0 Å². The second kappa shape index (κ2) is 16.5. The van der Waals surface area contributed by atoms with Gasteiger partial charge in [-0.3, -0.25) is 0 Å². The number of alkyl halides is 12. The van der Waals surface area contributed by atoms with Gasteiger partial charge >= 0.3 is 24.7 Å². The molecule has 0 heterocycles. The zero-order chi connectivity index (χ0) is 39.9. The smallest absolute Gasteiger partial charge is 0.166 e. The summed E-state index contributed by atoms with van der Waals surface area (Å²) in [4.78, 5) is 0. The van der Waals surface area contributed by atoms with Crippen molar-refractivity contribution in [1.29, 1.82) is 0 Å². The summed E-state index contributed by atoms with van der Waals surface area (Å²) in [5, 5.41) is 0.118. The third kappa shape index (κ3) is 9.70. The lowest BCUT2D eigenvalue weighted by Gasteiger charge is -2.41. The van der Waals surface area contributed by atoms with E-state index in [1.54, 1.807) is 6.92 Å². The van der Waals surface area contributed by atoms with Gasteiger partial charge in [-0.05, 0) is 133 Å². The van der Waals surface area contributed by atoms with Crippen LogP contribution in [0, 0.1) is 5.92 Å². The molecule has 3 fully saturated rings. The van der Waals surface area contributed by atoms with Crippen LogP contribution in [0.2, 0.25) is 0 Å². The molecule has 0 saturated heterocycles. The SMILES string of the molecule is CC([C@@H]1CCC[C@H]1c1ccccc1P(C1CCCCC1)C1CCCCC1)P(c1cc(C(F)(F)F)cc(C(F)(F)F)c1)c1cc(C(F)(F)F)cc(C(F)(F)F)c1. The van der Waals surface area contributed by atoms with Crippen LogP contribution in [0.3, 0.4) is 0 Å². The summed E-state index contributed by atoms with van der Waals surface area (Å²) < 4.78 is 170. The van der Waals surface area contributed by atoms with Crippen LogP contribution < -0.4 is 15.9 Å². The molecule has 0 nitrogen and oxygen atoms in total. The van der Waals surface area contributed by atoms with Crippen LogP contribution in [0.1, 0.15) is 124 Å². The van der Waals surface area contributed by atoms with Crippen molar-refractivity contribution in [2.24, 2.45) is 5.92 Å². The Balaban J connectivity index is 1.52. The van der Waals surface area contributed by atoms with Crippen molar-refractivity contribution in [1.82, 2.24) is 0 Å². The van der Waals surface area contributed by atoms with E-state index in [4.69, 9.17) is 0 Å². The first-order chi connectivity index (χ1) is 25.7. The van der Waals surface area contributed by atoms with E-state index in [0.29, 0.717) is 54.8 Å². The zero-order valence-electron chi connectivity index (χ0n) is 30.3. The summed E-state index contributed by atoms with van der Waals surface area (Å²) in [7, 11) is -3.27. The van der Waals surface area contributed by atoms with E-state index in [2.05, 4.69) is 6.07 Å². The lowest BCUT2D eigenvalue weighted by Crippen LogP contribution is -2.32. The summed E-state index contributed by atoms with van der Waals surface area (Å²) in [6.07, 6.45) is -7.96. The van der Waals surface area contributed by atoms with Gasteiger partial charge in [0.05, 0.1) is 22.3 Å². The maximum Gasteiger partial charge on any atom is 0.416 e. The monoisotopic (exact) mass is 826 g/mol. The summed E-state index contributed by atoms with van der Waals surface area (Å²) in [5.74, 6) is -0.663. The van der Waals surface area contributed by atoms with Crippen LogP contribution in [-0.2, 0) is 24.7 Å². The van der Waals surface area contributed by atoms with Gasteiger partial charge in [-0.15, -0.1) is 0 Å². The Kier molecular flexibility index (Phi) is 12.7. The highest BCUT2D eigenvalue weighted by Crippen LogP contribution is 2.59. The van der Waals surface area contributed by atoms with Crippen LogP contribution in [0.5, 0.6) is 0 Å². The Bertz CT molecular complexity index is 1610. The Morgan fingerprint density at radius 3 is 1.29 bits per heavy atom. The molecular weight excluding hydrogens is 782 g/mol. The van der Waals surface area contributed by atoms with Crippen molar-refractivity contribution in [3.05, 3.63) is 88.5 Å². The van der Waals surface area contributed by atoms with Crippen molar-refractivity contribution in [2.45, 2.75) is 138 Å². The lowest BCUT2D eigenvalue weighted by atomic mass is 9.87. The molecular formula is C41H44F12P2. The zero-order valence-corrected chi connectivity index (χ0v) is 32.1. The third-order valence-electron chi connectivity index (χ3n) is 11.8. The van der Waals surface area contributed by atoms with E-state index in [0.717, 1.165) is 56.9 Å². The minimum Gasteiger partial charge on any atom is -0.166 e. The molecule has 1 unspecified atom stereocenters. The van der Waals surface area contributed by atoms with Crippen molar-refractivity contribution < 1.29 is 52.7 Å². The fourth-order valence-electron chi connectivity index (χ4n) is 9.36. The second-order valence-electron chi connectivity index (χ2n) is 15.4. The Labute approximate surface area is 316 Å². The van der Waals surface area contributed by atoms with Crippen molar-refractivity contribution in [3.63, 3.8) is 0 Å². The van der Waals surface area contributed by atoms with Crippen LogP contribution in [0.15, 0.2) is 60.7 Å². The van der Waals surface area contributed by atoms with Crippen LogP contribution in [-0.4, -0.2) is 17.0 Å². The molecule has 3 aromatic carbocycles. The third-order valence-corrected chi connectivity index (χ3v) is 18.2. The van der Waals surface area contributed by atoms with E-state index in [1.165, 1.54) is 18.1 Å². The molecule has 3 aliphatic rings. The van der Waals surface area contributed by atoms with Crippen LogP contribution >= 0.6 is 15.8 Å². The Morgan fingerprint density at radius 2 is 0.891 bits per heavy atom. The van der Waals surface area contributed by atoms with Gasteiger partial charge in [-0.1, -0.05) is 84.1 Å². The quantitative estimate of drug-likeness (QED) is 0.157. The summed E-state index contributed by atoms with van der Waals surface area (Å²) in [5.41, 5.74) is -5.47. The number of hydrogen-bond acceptors (Lipinski definition) is 0. The lowest BCUT2D eigenvalue weighted by molar-refractivity contribution is -0.144. The molecule has 3 aromatic rings. The first kappa shape index (κ1) is 42.3. The molecule has 3 saturated carbocycles. The molecule has 14 heteroatoms. The molecule has 6 rings (SSSR count). The molecule has 0 N–H and O–H groups in total. The minimum atomic E-state index is -5.27. The van der Waals surface area contributed by atoms with E-state index in [1.807, 2.05) is 18.2 Å². The summed E-state index contributed by atoms with van der Waals surface area (Å²) >= 11 is 0. The van der Waals surface area contributed by atoms with Gasteiger partial charge in [-0.2, -0.15) is 52.7 Å². The van der Waals surface area contributed by atoms with E-state index in [-0.39, 0.29) is 18.1 Å².